The summed E-state index contributed by atoms with van der Waals surface area (Å²) in [4.78, 5) is 37.6. The third-order valence-corrected chi connectivity index (χ3v) is 10.8. The lowest BCUT2D eigenvalue weighted by Gasteiger charge is -2.18. The van der Waals surface area contributed by atoms with Crippen LogP contribution in [0.25, 0.3) is 0 Å². The van der Waals surface area contributed by atoms with Gasteiger partial charge in [0, 0.05) is 19.3 Å². The van der Waals surface area contributed by atoms with Crippen molar-refractivity contribution in [1.82, 2.24) is 0 Å². The van der Waals surface area contributed by atoms with Gasteiger partial charge >= 0.3 is 17.9 Å². The van der Waals surface area contributed by atoms with E-state index in [4.69, 9.17) is 14.2 Å². The van der Waals surface area contributed by atoms with Gasteiger partial charge in [-0.25, -0.2) is 0 Å². The van der Waals surface area contributed by atoms with Crippen molar-refractivity contribution >= 4 is 17.9 Å². The molecule has 0 aliphatic rings. The zero-order valence-corrected chi connectivity index (χ0v) is 36.7. The molecule has 0 saturated heterocycles. The van der Waals surface area contributed by atoms with Crippen LogP contribution in [0.15, 0.2) is 0 Å². The van der Waals surface area contributed by atoms with Crippen molar-refractivity contribution in [3.63, 3.8) is 0 Å². The Kier molecular flexibility index (Phi) is 41.3. The second kappa shape index (κ2) is 42.6. The minimum atomic E-state index is -0.759. The standard InChI is InChI=1S/C48H92O6/c1-5-7-9-11-13-14-15-16-17-18-19-20-24-28-32-36-40-47(50)53-43-45(42-52-46(49)39-35-31-26-12-10-8-6-2)54-48(51)41-37-33-29-25-22-21-23-27-30-34-38-44(3)4/h44-45H,5-43H2,1-4H3/t45-/m0/s1. The highest BCUT2D eigenvalue weighted by Gasteiger charge is 2.19. The number of rotatable bonds is 43. The first-order chi connectivity index (χ1) is 26.4. The predicted octanol–water partition coefficient (Wildman–Crippen LogP) is 15.1. The first-order valence-corrected chi connectivity index (χ1v) is 23.9. The van der Waals surface area contributed by atoms with E-state index in [0.29, 0.717) is 19.3 Å². The summed E-state index contributed by atoms with van der Waals surface area (Å²) in [6, 6.07) is 0. The Morgan fingerprint density at radius 1 is 0.352 bits per heavy atom. The van der Waals surface area contributed by atoms with Gasteiger partial charge in [0.25, 0.3) is 0 Å². The highest BCUT2D eigenvalue weighted by molar-refractivity contribution is 5.71. The molecule has 0 aliphatic heterocycles. The van der Waals surface area contributed by atoms with Gasteiger partial charge < -0.3 is 14.2 Å². The van der Waals surface area contributed by atoms with Crippen LogP contribution in [0.1, 0.15) is 265 Å². The zero-order valence-electron chi connectivity index (χ0n) is 36.7. The van der Waals surface area contributed by atoms with Gasteiger partial charge in [0.05, 0.1) is 0 Å². The normalized spacial score (nSPS) is 11.9. The van der Waals surface area contributed by atoms with Crippen LogP contribution >= 0.6 is 0 Å². The zero-order chi connectivity index (χ0) is 39.6. The molecule has 0 aromatic heterocycles. The second-order valence-corrected chi connectivity index (χ2v) is 16.9. The molecule has 0 N–H and O–H groups in total. The van der Waals surface area contributed by atoms with Crippen molar-refractivity contribution in [2.24, 2.45) is 5.92 Å². The molecule has 0 aliphatic carbocycles. The number of hydrogen-bond donors (Lipinski definition) is 0. The smallest absolute Gasteiger partial charge is 0.306 e. The molecule has 0 unspecified atom stereocenters. The summed E-state index contributed by atoms with van der Waals surface area (Å²) in [5, 5.41) is 0. The molecule has 0 fully saturated rings. The van der Waals surface area contributed by atoms with E-state index in [1.165, 1.54) is 161 Å². The van der Waals surface area contributed by atoms with E-state index in [2.05, 4.69) is 27.7 Å². The van der Waals surface area contributed by atoms with Crippen LogP contribution in [0.2, 0.25) is 0 Å². The Hall–Kier alpha value is -1.59. The number of esters is 3. The van der Waals surface area contributed by atoms with Crippen molar-refractivity contribution in [3.8, 4) is 0 Å². The summed E-state index contributed by atoms with van der Waals surface area (Å²) >= 11 is 0. The summed E-state index contributed by atoms with van der Waals surface area (Å²) in [6.45, 7) is 8.96. The van der Waals surface area contributed by atoms with E-state index >= 15 is 0 Å². The average molecular weight is 765 g/mol. The van der Waals surface area contributed by atoms with Crippen LogP contribution in [-0.4, -0.2) is 37.2 Å². The molecule has 320 valence electrons. The quantitative estimate of drug-likeness (QED) is 0.0349. The van der Waals surface area contributed by atoms with Gasteiger partial charge in [-0.2, -0.15) is 0 Å². The fraction of sp³-hybridized carbons (Fsp3) is 0.938. The third kappa shape index (κ3) is 41.6. The summed E-state index contributed by atoms with van der Waals surface area (Å²) in [7, 11) is 0. The fourth-order valence-corrected chi connectivity index (χ4v) is 7.16. The monoisotopic (exact) mass is 765 g/mol. The fourth-order valence-electron chi connectivity index (χ4n) is 7.16. The van der Waals surface area contributed by atoms with Crippen LogP contribution in [0.5, 0.6) is 0 Å². The molecule has 0 aromatic carbocycles. The number of unbranched alkanes of at least 4 members (excludes halogenated alkanes) is 30. The SMILES string of the molecule is CCCCCCCCCCCCCCCCCCC(=O)OC[C@H](COC(=O)CCCCCCCCC)OC(=O)CCCCCCCCCCCCC(C)C. The molecule has 0 rings (SSSR count). The summed E-state index contributed by atoms with van der Waals surface area (Å²) < 4.78 is 16.7. The Morgan fingerprint density at radius 3 is 0.907 bits per heavy atom. The van der Waals surface area contributed by atoms with Gasteiger partial charge in [-0.3, -0.25) is 14.4 Å². The topological polar surface area (TPSA) is 78.9 Å². The van der Waals surface area contributed by atoms with Crippen molar-refractivity contribution in [3.05, 3.63) is 0 Å². The van der Waals surface area contributed by atoms with Gasteiger partial charge in [0.1, 0.15) is 13.2 Å². The molecule has 6 heteroatoms. The molecular formula is C48H92O6. The van der Waals surface area contributed by atoms with Gasteiger partial charge in [-0.15, -0.1) is 0 Å². The van der Waals surface area contributed by atoms with Crippen molar-refractivity contribution in [2.75, 3.05) is 13.2 Å². The van der Waals surface area contributed by atoms with Crippen molar-refractivity contribution in [2.45, 2.75) is 271 Å². The largest absolute Gasteiger partial charge is 0.462 e. The van der Waals surface area contributed by atoms with E-state index in [0.717, 1.165) is 63.7 Å². The van der Waals surface area contributed by atoms with Gasteiger partial charge in [0.2, 0.25) is 0 Å². The number of carbonyl (C=O) groups is 3. The second-order valence-electron chi connectivity index (χ2n) is 16.9. The maximum atomic E-state index is 12.7. The molecule has 0 aromatic rings. The van der Waals surface area contributed by atoms with Crippen LogP contribution in [-0.2, 0) is 28.6 Å². The van der Waals surface area contributed by atoms with Crippen LogP contribution in [0, 0.1) is 5.92 Å². The maximum Gasteiger partial charge on any atom is 0.306 e. The first-order valence-electron chi connectivity index (χ1n) is 23.9. The number of hydrogen-bond acceptors (Lipinski definition) is 6. The lowest BCUT2D eigenvalue weighted by atomic mass is 10.0. The Labute approximate surface area is 336 Å². The summed E-state index contributed by atoms with van der Waals surface area (Å²) in [5.74, 6) is -0.0412. The minimum Gasteiger partial charge on any atom is -0.462 e. The van der Waals surface area contributed by atoms with Crippen molar-refractivity contribution in [1.29, 1.82) is 0 Å². The molecule has 54 heavy (non-hydrogen) atoms. The minimum absolute atomic E-state index is 0.0639. The Morgan fingerprint density at radius 2 is 0.611 bits per heavy atom. The van der Waals surface area contributed by atoms with Gasteiger partial charge in [-0.1, -0.05) is 227 Å². The molecular weight excluding hydrogens is 673 g/mol. The first kappa shape index (κ1) is 52.4. The molecule has 0 radical (unpaired) electrons. The molecule has 0 saturated carbocycles. The molecule has 0 bridgehead atoms. The predicted molar refractivity (Wildman–Crippen MR) is 229 cm³/mol. The Balaban J connectivity index is 4.23. The summed E-state index contributed by atoms with van der Waals surface area (Å²) in [5.41, 5.74) is 0. The lowest BCUT2D eigenvalue weighted by molar-refractivity contribution is -0.167. The number of carbonyl (C=O) groups excluding carboxylic acids is 3. The molecule has 0 spiro atoms. The molecule has 1 atom stereocenters. The van der Waals surface area contributed by atoms with E-state index in [9.17, 15) is 14.4 Å². The lowest BCUT2D eigenvalue weighted by Crippen LogP contribution is -2.30. The van der Waals surface area contributed by atoms with Crippen LogP contribution in [0.4, 0.5) is 0 Å². The maximum absolute atomic E-state index is 12.7. The highest BCUT2D eigenvalue weighted by Crippen LogP contribution is 2.16. The van der Waals surface area contributed by atoms with Crippen molar-refractivity contribution < 1.29 is 28.6 Å². The average Bonchev–Trinajstić information content (AvgIpc) is 3.15. The van der Waals surface area contributed by atoms with Gasteiger partial charge in [0.15, 0.2) is 6.10 Å². The Bertz CT molecular complexity index is 811. The number of ether oxygens (including phenoxy) is 3. The third-order valence-electron chi connectivity index (χ3n) is 10.8. The summed E-state index contributed by atoms with van der Waals surface area (Å²) in [6.07, 6.45) is 42.4. The molecule has 0 amide bonds. The van der Waals surface area contributed by atoms with Crippen LogP contribution in [0.3, 0.4) is 0 Å². The van der Waals surface area contributed by atoms with E-state index in [1.54, 1.807) is 0 Å². The molecule has 6 nitrogen and oxygen atoms in total. The van der Waals surface area contributed by atoms with E-state index < -0.39 is 6.10 Å². The van der Waals surface area contributed by atoms with E-state index in [1.807, 2.05) is 0 Å². The molecule has 0 heterocycles. The van der Waals surface area contributed by atoms with Crippen LogP contribution < -0.4 is 0 Å². The van der Waals surface area contributed by atoms with E-state index in [-0.39, 0.29) is 31.1 Å². The highest BCUT2D eigenvalue weighted by atomic mass is 16.6. The van der Waals surface area contributed by atoms with Gasteiger partial charge in [-0.05, 0) is 25.2 Å².